The van der Waals surface area contributed by atoms with E-state index in [4.69, 9.17) is 21.6 Å². The zero-order valence-electron chi connectivity index (χ0n) is 21.9. The predicted molar refractivity (Wildman–Crippen MR) is 155 cm³/mol. The van der Waals surface area contributed by atoms with Crippen LogP contribution < -0.4 is 9.47 Å². The number of hydrogen-bond donors (Lipinski definition) is 1. The van der Waals surface area contributed by atoms with Gasteiger partial charge < -0.3 is 14.5 Å². The molecule has 0 saturated carbocycles. The SMILES string of the molecule is [C-]#[N+]c1cccc(COc2cc(OCc3cccc(-c4ccccc4)c3C)ccc2-c2ncc(CN=[N+]=[N-])[nH]2)c1. The van der Waals surface area contributed by atoms with E-state index in [1.54, 1.807) is 18.3 Å². The van der Waals surface area contributed by atoms with Gasteiger partial charge in [0.05, 0.1) is 18.7 Å². The molecule has 0 aliphatic rings. The van der Waals surface area contributed by atoms with Crippen LogP contribution in [0.5, 0.6) is 11.5 Å². The second-order valence-corrected chi connectivity index (χ2v) is 9.12. The van der Waals surface area contributed by atoms with Crippen molar-refractivity contribution in [3.05, 3.63) is 141 Å². The Balaban J connectivity index is 1.40. The molecule has 4 aromatic carbocycles. The number of imidazole rings is 1. The molecule has 0 aliphatic carbocycles. The maximum absolute atomic E-state index is 8.64. The number of benzene rings is 4. The van der Waals surface area contributed by atoms with Crippen LogP contribution in [0.15, 0.2) is 102 Å². The summed E-state index contributed by atoms with van der Waals surface area (Å²) in [6.45, 7) is 10.2. The molecule has 0 aliphatic heterocycles. The zero-order valence-corrected chi connectivity index (χ0v) is 21.9. The Morgan fingerprint density at radius 3 is 2.58 bits per heavy atom. The van der Waals surface area contributed by atoms with Crippen molar-refractivity contribution in [2.24, 2.45) is 5.11 Å². The van der Waals surface area contributed by atoms with E-state index in [1.807, 2.05) is 54.6 Å². The maximum atomic E-state index is 8.64. The topological polar surface area (TPSA) is 100 Å². The van der Waals surface area contributed by atoms with Gasteiger partial charge in [0, 0.05) is 22.9 Å². The number of ether oxygens (including phenoxy) is 2. The summed E-state index contributed by atoms with van der Waals surface area (Å²) >= 11 is 0. The summed E-state index contributed by atoms with van der Waals surface area (Å²) < 4.78 is 12.5. The van der Waals surface area contributed by atoms with Crippen LogP contribution in [0.25, 0.3) is 37.8 Å². The Labute approximate surface area is 232 Å². The van der Waals surface area contributed by atoms with E-state index in [0.29, 0.717) is 35.3 Å². The number of hydrogen-bond acceptors (Lipinski definition) is 4. The Hall–Kier alpha value is -5.51. The lowest BCUT2D eigenvalue weighted by molar-refractivity contribution is 0.290. The van der Waals surface area contributed by atoms with E-state index in [2.05, 4.69) is 56.0 Å². The summed E-state index contributed by atoms with van der Waals surface area (Å²) in [5, 5.41) is 3.60. The summed E-state index contributed by atoms with van der Waals surface area (Å²) in [4.78, 5) is 14.0. The highest BCUT2D eigenvalue weighted by atomic mass is 16.5. The van der Waals surface area contributed by atoms with Gasteiger partial charge >= 0.3 is 0 Å². The van der Waals surface area contributed by atoms with E-state index in [1.165, 1.54) is 16.7 Å². The van der Waals surface area contributed by atoms with Gasteiger partial charge in [0.25, 0.3) is 0 Å². The smallest absolute Gasteiger partial charge is 0.187 e. The van der Waals surface area contributed by atoms with E-state index >= 15 is 0 Å². The molecule has 0 saturated heterocycles. The van der Waals surface area contributed by atoms with Crippen molar-refractivity contribution in [2.75, 3.05) is 0 Å². The number of H-pyrrole nitrogens is 1. The second-order valence-electron chi connectivity index (χ2n) is 9.12. The van der Waals surface area contributed by atoms with Crippen LogP contribution in [0, 0.1) is 13.5 Å². The molecule has 5 rings (SSSR count). The van der Waals surface area contributed by atoms with Crippen molar-refractivity contribution in [2.45, 2.75) is 26.7 Å². The fourth-order valence-electron chi connectivity index (χ4n) is 4.40. The van der Waals surface area contributed by atoms with Crippen LogP contribution in [0.1, 0.15) is 22.4 Å². The van der Waals surface area contributed by atoms with Crippen LogP contribution >= 0.6 is 0 Å². The third-order valence-corrected chi connectivity index (χ3v) is 6.50. The average Bonchev–Trinajstić information content (AvgIpc) is 3.48. The first-order valence-electron chi connectivity index (χ1n) is 12.7. The Bertz CT molecular complexity index is 1720. The third kappa shape index (κ3) is 6.13. The predicted octanol–water partition coefficient (Wildman–Crippen LogP) is 8.57. The minimum atomic E-state index is 0.172. The van der Waals surface area contributed by atoms with Crippen LogP contribution in [0.4, 0.5) is 5.69 Å². The van der Waals surface area contributed by atoms with Crippen molar-refractivity contribution in [3.63, 3.8) is 0 Å². The van der Waals surface area contributed by atoms with E-state index in [0.717, 1.165) is 16.7 Å². The van der Waals surface area contributed by atoms with Crippen molar-refractivity contribution in [3.8, 4) is 34.0 Å². The van der Waals surface area contributed by atoms with Gasteiger partial charge in [0.15, 0.2) is 5.69 Å². The molecular formula is C32H26N6O2. The highest BCUT2D eigenvalue weighted by Gasteiger charge is 2.14. The van der Waals surface area contributed by atoms with E-state index in [-0.39, 0.29) is 13.2 Å². The van der Waals surface area contributed by atoms with Gasteiger partial charge in [-0.3, -0.25) is 0 Å². The van der Waals surface area contributed by atoms with Crippen LogP contribution in [-0.4, -0.2) is 9.97 Å². The number of aromatic amines is 1. The van der Waals surface area contributed by atoms with Crippen molar-refractivity contribution in [1.29, 1.82) is 0 Å². The lowest BCUT2D eigenvalue weighted by atomic mass is 9.97. The first-order valence-corrected chi connectivity index (χ1v) is 12.7. The fourth-order valence-corrected chi connectivity index (χ4v) is 4.40. The third-order valence-electron chi connectivity index (χ3n) is 6.50. The van der Waals surface area contributed by atoms with Gasteiger partial charge in [-0.05, 0) is 58.5 Å². The molecule has 1 heterocycles. The Morgan fingerprint density at radius 2 is 1.75 bits per heavy atom. The summed E-state index contributed by atoms with van der Waals surface area (Å²) in [6.07, 6.45) is 1.64. The fraction of sp³-hybridized carbons (Fsp3) is 0.125. The first-order chi connectivity index (χ1) is 19.6. The van der Waals surface area contributed by atoms with Crippen molar-refractivity contribution >= 4 is 5.69 Å². The summed E-state index contributed by atoms with van der Waals surface area (Å²) in [6, 6.07) is 29.5. The monoisotopic (exact) mass is 526 g/mol. The molecule has 0 spiro atoms. The van der Waals surface area contributed by atoms with Gasteiger partial charge in [-0.25, -0.2) is 9.83 Å². The minimum absolute atomic E-state index is 0.172. The molecule has 0 amide bonds. The standard InChI is InChI=1S/C32H26N6O2/c1-22-25(11-7-13-29(22)24-9-4-3-5-10-24)21-39-28-14-15-30(32-35-18-27(37-32)19-36-38-33)31(17-28)40-20-23-8-6-12-26(16-23)34-2/h3-18H,19-21H2,1H3,(H,35,37). The van der Waals surface area contributed by atoms with Gasteiger partial charge in [0.2, 0.25) is 0 Å². The molecule has 40 heavy (non-hydrogen) atoms. The van der Waals surface area contributed by atoms with E-state index < -0.39 is 0 Å². The summed E-state index contributed by atoms with van der Waals surface area (Å²) in [5.74, 6) is 1.81. The van der Waals surface area contributed by atoms with Crippen LogP contribution in [-0.2, 0) is 19.8 Å². The largest absolute Gasteiger partial charge is 0.489 e. The molecule has 0 bridgehead atoms. The van der Waals surface area contributed by atoms with Crippen molar-refractivity contribution in [1.82, 2.24) is 9.97 Å². The zero-order chi connectivity index (χ0) is 27.7. The highest BCUT2D eigenvalue weighted by molar-refractivity contribution is 5.68. The quantitative estimate of drug-likeness (QED) is 0.0853. The van der Waals surface area contributed by atoms with Gasteiger partial charge in [-0.1, -0.05) is 71.8 Å². The number of rotatable bonds is 10. The van der Waals surface area contributed by atoms with E-state index in [9.17, 15) is 0 Å². The molecule has 5 aromatic rings. The molecular weight excluding hydrogens is 500 g/mol. The van der Waals surface area contributed by atoms with Crippen LogP contribution in [0.3, 0.4) is 0 Å². The number of nitrogens with zero attached hydrogens (tertiary/aromatic N) is 5. The highest BCUT2D eigenvalue weighted by Crippen LogP contribution is 2.34. The number of nitrogens with one attached hydrogen (secondary N) is 1. The van der Waals surface area contributed by atoms with Gasteiger partial charge in [-0.2, -0.15) is 0 Å². The molecule has 0 fully saturated rings. The molecule has 0 radical (unpaired) electrons. The number of azide groups is 1. The second kappa shape index (κ2) is 12.4. The lowest BCUT2D eigenvalue weighted by Gasteiger charge is -2.15. The molecule has 8 nitrogen and oxygen atoms in total. The molecule has 1 aromatic heterocycles. The molecule has 1 N–H and O–H groups in total. The van der Waals surface area contributed by atoms with Crippen LogP contribution in [0.2, 0.25) is 0 Å². The molecule has 8 heteroatoms. The Morgan fingerprint density at radius 1 is 0.900 bits per heavy atom. The normalized spacial score (nSPS) is 10.4. The minimum Gasteiger partial charge on any atom is -0.489 e. The maximum Gasteiger partial charge on any atom is 0.187 e. The van der Waals surface area contributed by atoms with Gasteiger partial charge in [0.1, 0.15) is 30.5 Å². The summed E-state index contributed by atoms with van der Waals surface area (Å²) in [5.41, 5.74) is 16.1. The summed E-state index contributed by atoms with van der Waals surface area (Å²) in [7, 11) is 0. The van der Waals surface area contributed by atoms with Gasteiger partial charge in [-0.15, -0.1) is 0 Å². The first kappa shape index (κ1) is 26.1. The molecule has 0 unspecified atom stereocenters. The number of aromatic nitrogens is 2. The lowest BCUT2D eigenvalue weighted by Crippen LogP contribution is -2.01. The Kier molecular flexibility index (Phi) is 8.07. The molecule has 0 atom stereocenters. The van der Waals surface area contributed by atoms with Crippen molar-refractivity contribution < 1.29 is 9.47 Å². The average molecular weight is 527 g/mol. The molecule has 196 valence electrons.